The molecule has 2 N–H and O–H groups in total. The van der Waals surface area contributed by atoms with E-state index in [9.17, 15) is 9.90 Å². The smallest absolute Gasteiger partial charge is 0.278 e. The van der Waals surface area contributed by atoms with Gasteiger partial charge in [0.1, 0.15) is 6.23 Å². The van der Waals surface area contributed by atoms with Crippen molar-refractivity contribution in [3.63, 3.8) is 0 Å². The molecule has 3 atom stereocenters. The van der Waals surface area contributed by atoms with Crippen LogP contribution in [0.2, 0.25) is 0 Å². The molecule has 0 radical (unpaired) electrons. The zero-order valence-corrected chi connectivity index (χ0v) is 10.2. The third kappa shape index (κ3) is 2.01. The normalized spacial score (nSPS) is 25.8. The molecule has 104 valence electrons. The number of nitrogens with zero attached hydrogens (tertiary/aromatic N) is 6. The van der Waals surface area contributed by atoms with Crippen molar-refractivity contribution >= 4 is 11.2 Å². The number of nitrogens with one attached hydrogen (secondary N) is 1. The molecule has 0 bridgehead atoms. The highest BCUT2D eigenvalue weighted by atomic mass is 16.5. The summed E-state index contributed by atoms with van der Waals surface area (Å²) in [6.07, 6.45) is 1.22. The second-order valence-electron chi connectivity index (χ2n) is 4.40. The summed E-state index contributed by atoms with van der Waals surface area (Å²) in [6, 6.07) is 0. The molecule has 2 aromatic rings. The van der Waals surface area contributed by atoms with E-state index < -0.39 is 18.4 Å². The van der Waals surface area contributed by atoms with E-state index in [0.29, 0.717) is 12.1 Å². The maximum absolute atomic E-state index is 11.6. The molecule has 1 saturated heterocycles. The monoisotopic (exact) mass is 277 g/mol. The van der Waals surface area contributed by atoms with Gasteiger partial charge in [0, 0.05) is 11.3 Å². The number of rotatable bonds is 3. The highest BCUT2D eigenvalue weighted by Crippen LogP contribution is 2.30. The van der Waals surface area contributed by atoms with Crippen LogP contribution in [0.5, 0.6) is 0 Å². The Balaban J connectivity index is 1.91. The summed E-state index contributed by atoms with van der Waals surface area (Å²) in [4.78, 5) is 24.7. The standard InChI is InChI=1S/C10H11N7O3/c11-16-15-2-6-5(18)1-7(20-6)17-4-14-8-9(17)12-3-13-10(8)19/h3-7,18H,1-2H2,(H,12,13,19)/t5?,6-,7-/m1/s1. The summed E-state index contributed by atoms with van der Waals surface area (Å²) >= 11 is 0. The zero-order chi connectivity index (χ0) is 14.1. The first-order valence-electron chi connectivity index (χ1n) is 5.95. The molecule has 10 heteroatoms. The Morgan fingerprint density at radius 3 is 3.30 bits per heavy atom. The molecular weight excluding hydrogens is 266 g/mol. The van der Waals surface area contributed by atoms with Crippen LogP contribution in [0.3, 0.4) is 0 Å². The number of aromatic amines is 1. The second kappa shape index (κ2) is 4.93. The summed E-state index contributed by atoms with van der Waals surface area (Å²) < 4.78 is 7.21. The lowest BCUT2D eigenvalue weighted by Gasteiger charge is -2.13. The number of imidazole rings is 1. The number of fused-ring (bicyclic) bond motifs is 1. The fourth-order valence-electron chi connectivity index (χ4n) is 2.24. The van der Waals surface area contributed by atoms with Crippen molar-refractivity contribution < 1.29 is 9.84 Å². The molecule has 0 aromatic carbocycles. The van der Waals surface area contributed by atoms with Crippen molar-refractivity contribution in [1.29, 1.82) is 0 Å². The van der Waals surface area contributed by atoms with E-state index in [1.807, 2.05) is 0 Å². The molecular formula is C10H11N7O3. The molecule has 20 heavy (non-hydrogen) atoms. The summed E-state index contributed by atoms with van der Waals surface area (Å²) in [6.45, 7) is 0.0504. The van der Waals surface area contributed by atoms with Crippen molar-refractivity contribution in [2.75, 3.05) is 6.54 Å². The molecule has 0 aliphatic carbocycles. The van der Waals surface area contributed by atoms with Gasteiger partial charge in [0.2, 0.25) is 0 Å². The molecule has 2 aromatic heterocycles. The third-order valence-corrected chi connectivity index (χ3v) is 3.20. The first-order valence-corrected chi connectivity index (χ1v) is 5.95. The molecule has 1 unspecified atom stereocenters. The number of hydrogen-bond donors (Lipinski definition) is 2. The van der Waals surface area contributed by atoms with Crippen molar-refractivity contribution in [3.8, 4) is 0 Å². The minimum atomic E-state index is -0.745. The van der Waals surface area contributed by atoms with Crippen LogP contribution in [0.4, 0.5) is 0 Å². The lowest BCUT2D eigenvalue weighted by molar-refractivity contribution is -0.0114. The van der Waals surface area contributed by atoms with Crippen LogP contribution in [0.15, 0.2) is 22.6 Å². The van der Waals surface area contributed by atoms with Crippen molar-refractivity contribution in [2.45, 2.75) is 24.9 Å². The Bertz CT molecular complexity index is 732. The predicted octanol–water partition coefficient (Wildman–Crippen LogP) is 0.0783. The van der Waals surface area contributed by atoms with Gasteiger partial charge in [0.05, 0.1) is 31.4 Å². The Labute approximate surface area is 111 Å². The molecule has 3 rings (SSSR count). The number of hydrogen-bond acceptors (Lipinski definition) is 6. The zero-order valence-electron chi connectivity index (χ0n) is 10.2. The maximum atomic E-state index is 11.6. The third-order valence-electron chi connectivity index (χ3n) is 3.20. The quantitative estimate of drug-likeness (QED) is 0.464. The van der Waals surface area contributed by atoms with E-state index in [0.717, 1.165) is 0 Å². The number of aliphatic hydroxyl groups excluding tert-OH is 1. The Kier molecular flexibility index (Phi) is 3.11. The summed E-state index contributed by atoms with van der Waals surface area (Å²) in [5.74, 6) is 0. The Hall–Kier alpha value is -2.42. The van der Waals surface area contributed by atoms with Gasteiger partial charge in [0.25, 0.3) is 5.56 Å². The van der Waals surface area contributed by atoms with Gasteiger partial charge in [-0.2, -0.15) is 0 Å². The largest absolute Gasteiger partial charge is 0.390 e. The summed E-state index contributed by atoms with van der Waals surface area (Å²) in [5, 5.41) is 13.3. The Morgan fingerprint density at radius 2 is 2.50 bits per heavy atom. The maximum Gasteiger partial charge on any atom is 0.278 e. The van der Waals surface area contributed by atoms with Gasteiger partial charge in [-0.05, 0) is 5.53 Å². The van der Waals surface area contributed by atoms with E-state index >= 15 is 0 Å². The fraction of sp³-hybridized carbons (Fsp3) is 0.500. The molecule has 0 saturated carbocycles. The number of azide groups is 1. The van der Waals surface area contributed by atoms with Crippen LogP contribution in [0, 0.1) is 0 Å². The molecule has 1 aliphatic heterocycles. The number of aromatic nitrogens is 4. The molecule has 0 amide bonds. The minimum Gasteiger partial charge on any atom is -0.390 e. The first-order chi connectivity index (χ1) is 9.70. The van der Waals surface area contributed by atoms with Crippen molar-refractivity contribution in [3.05, 3.63) is 33.5 Å². The molecule has 1 aliphatic rings. The minimum absolute atomic E-state index is 0.0504. The van der Waals surface area contributed by atoms with Crippen LogP contribution in [-0.2, 0) is 4.74 Å². The first kappa shape index (κ1) is 12.6. The SMILES string of the molecule is [N-]=[N+]=NC[C@H]1O[C@@H](n2cnc3c(=O)[nH]cnc32)CC1O. The van der Waals surface area contributed by atoms with E-state index in [2.05, 4.69) is 25.0 Å². The van der Waals surface area contributed by atoms with Crippen LogP contribution in [0.1, 0.15) is 12.6 Å². The average Bonchev–Trinajstić information content (AvgIpc) is 3.01. The van der Waals surface area contributed by atoms with Crippen molar-refractivity contribution in [2.24, 2.45) is 5.11 Å². The predicted molar refractivity (Wildman–Crippen MR) is 66.7 cm³/mol. The van der Waals surface area contributed by atoms with Gasteiger partial charge in [-0.3, -0.25) is 9.36 Å². The van der Waals surface area contributed by atoms with Crippen LogP contribution in [-0.4, -0.2) is 43.4 Å². The number of ether oxygens (including phenoxy) is 1. The van der Waals surface area contributed by atoms with E-state index in [1.54, 1.807) is 4.57 Å². The Morgan fingerprint density at radius 1 is 1.65 bits per heavy atom. The van der Waals surface area contributed by atoms with Crippen LogP contribution >= 0.6 is 0 Å². The van der Waals surface area contributed by atoms with E-state index in [1.165, 1.54) is 12.7 Å². The lowest BCUT2D eigenvalue weighted by Crippen LogP contribution is -2.23. The average molecular weight is 277 g/mol. The second-order valence-corrected chi connectivity index (χ2v) is 4.40. The van der Waals surface area contributed by atoms with Crippen LogP contribution < -0.4 is 5.56 Å². The van der Waals surface area contributed by atoms with Crippen molar-refractivity contribution in [1.82, 2.24) is 19.5 Å². The highest BCUT2D eigenvalue weighted by Gasteiger charge is 2.35. The molecule has 10 nitrogen and oxygen atoms in total. The van der Waals surface area contributed by atoms with Gasteiger partial charge in [0.15, 0.2) is 11.2 Å². The molecule has 0 spiro atoms. The summed E-state index contributed by atoms with van der Waals surface area (Å²) in [7, 11) is 0. The van der Waals surface area contributed by atoms with Crippen LogP contribution in [0.25, 0.3) is 21.6 Å². The van der Waals surface area contributed by atoms with Gasteiger partial charge < -0.3 is 14.8 Å². The molecule has 3 heterocycles. The van der Waals surface area contributed by atoms with Gasteiger partial charge in [-0.1, -0.05) is 5.11 Å². The highest BCUT2D eigenvalue weighted by molar-refractivity contribution is 5.68. The van der Waals surface area contributed by atoms with Gasteiger partial charge in [-0.15, -0.1) is 0 Å². The van der Waals surface area contributed by atoms with E-state index in [4.69, 9.17) is 10.3 Å². The van der Waals surface area contributed by atoms with Gasteiger partial charge in [-0.25, -0.2) is 9.97 Å². The topological polar surface area (TPSA) is 142 Å². The fourth-order valence-corrected chi connectivity index (χ4v) is 2.24. The number of aliphatic hydroxyl groups is 1. The van der Waals surface area contributed by atoms with E-state index in [-0.39, 0.29) is 17.6 Å². The van der Waals surface area contributed by atoms with Gasteiger partial charge >= 0.3 is 0 Å². The molecule has 1 fully saturated rings. The summed E-state index contributed by atoms with van der Waals surface area (Å²) in [5.41, 5.74) is 8.55. The lowest BCUT2D eigenvalue weighted by atomic mass is 10.2. The number of H-pyrrole nitrogens is 1.